The van der Waals surface area contributed by atoms with E-state index in [0.29, 0.717) is 22.5 Å². The van der Waals surface area contributed by atoms with Crippen LogP contribution >= 0.6 is 11.6 Å². The van der Waals surface area contributed by atoms with Crippen LogP contribution in [0.4, 0.5) is 0 Å². The molecule has 0 spiro atoms. The quantitative estimate of drug-likeness (QED) is 0.441. The van der Waals surface area contributed by atoms with Gasteiger partial charge >= 0.3 is 5.69 Å². The molecule has 0 saturated carbocycles. The molecule has 7 nitrogen and oxygen atoms in total. The van der Waals surface area contributed by atoms with Gasteiger partial charge in [-0.15, -0.1) is 0 Å². The van der Waals surface area contributed by atoms with Crippen molar-refractivity contribution in [2.24, 2.45) is 14.1 Å². The number of methoxy groups -OCH3 is 1. The maximum Gasteiger partial charge on any atom is 0.331 e. The molecule has 0 bridgehead atoms. The lowest BCUT2D eigenvalue weighted by Crippen LogP contribution is -2.40. The third kappa shape index (κ3) is 3.22. The van der Waals surface area contributed by atoms with Crippen LogP contribution in [0.5, 0.6) is 5.75 Å². The number of rotatable bonds is 3. The Hall–Kier alpha value is -3.29. The lowest BCUT2D eigenvalue weighted by atomic mass is 9.98. The summed E-state index contributed by atoms with van der Waals surface area (Å²) < 4.78 is 16.6. The largest absolute Gasteiger partial charge is 0.497 e. The molecule has 5 rings (SSSR count). The van der Waals surface area contributed by atoms with Gasteiger partial charge in [0, 0.05) is 19.1 Å². The maximum atomic E-state index is 13.6. The van der Waals surface area contributed by atoms with E-state index in [-0.39, 0.29) is 11.2 Å². The Labute approximate surface area is 201 Å². The summed E-state index contributed by atoms with van der Waals surface area (Å²) >= 11 is 6.31. The van der Waals surface area contributed by atoms with Crippen molar-refractivity contribution in [1.29, 1.82) is 0 Å². The summed E-state index contributed by atoms with van der Waals surface area (Å²) in [7, 11) is 4.82. The average Bonchev–Trinajstić information content (AvgIpc) is 3.19. The zero-order valence-corrected chi connectivity index (χ0v) is 20.5. The van der Waals surface area contributed by atoms with E-state index in [1.165, 1.54) is 11.6 Å². The van der Waals surface area contributed by atoms with Gasteiger partial charge < -0.3 is 14.0 Å². The Balaban J connectivity index is 1.98. The first-order valence-electron chi connectivity index (χ1n) is 11.0. The predicted octanol–water partition coefficient (Wildman–Crippen LogP) is 4.22. The highest BCUT2D eigenvalue weighted by atomic mass is 35.5. The fourth-order valence-electron chi connectivity index (χ4n) is 4.94. The lowest BCUT2D eigenvalue weighted by molar-refractivity contribution is -0.00706. The molecule has 1 atom stereocenters. The topological polar surface area (TPSA) is 67.4 Å². The molecule has 1 aliphatic heterocycles. The van der Waals surface area contributed by atoms with Crippen LogP contribution < -0.4 is 16.0 Å². The first-order valence-corrected chi connectivity index (χ1v) is 11.4. The molecule has 0 radical (unpaired) electrons. The maximum absolute atomic E-state index is 13.6. The molecule has 0 fully saturated rings. The first-order chi connectivity index (χ1) is 16.2. The van der Waals surface area contributed by atoms with E-state index in [1.807, 2.05) is 48.5 Å². The van der Waals surface area contributed by atoms with E-state index in [2.05, 4.69) is 18.4 Å². The van der Waals surface area contributed by atoms with Gasteiger partial charge in [0.1, 0.15) is 11.9 Å². The number of benzene rings is 2. The van der Waals surface area contributed by atoms with E-state index in [0.717, 1.165) is 32.8 Å². The van der Waals surface area contributed by atoms with Gasteiger partial charge in [0.25, 0.3) is 5.56 Å². The molecule has 2 aromatic heterocycles. The van der Waals surface area contributed by atoms with Crippen LogP contribution in [0.1, 0.15) is 31.2 Å². The standard InChI is InChI=1S/C26H26ClN3O4/c1-26(2)14-34-23(16-7-6-8-17(27)13-16)22-21-19(24(31)29(4)25(32)28(21)3)20(30(22)26)15-9-11-18(33-5)12-10-15/h6-13,23H,14H2,1-5H3. The normalized spacial score (nSPS) is 17.1. The number of hydrogen-bond acceptors (Lipinski definition) is 4. The molecule has 1 aliphatic rings. The molecular formula is C26H26ClN3O4. The lowest BCUT2D eigenvalue weighted by Gasteiger charge is -2.39. The molecule has 0 N–H and O–H groups in total. The molecule has 3 heterocycles. The molecule has 1 unspecified atom stereocenters. The van der Waals surface area contributed by atoms with Crippen molar-refractivity contribution >= 4 is 22.5 Å². The highest BCUT2D eigenvalue weighted by molar-refractivity contribution is 6.30. The highest BCUT2D eigenvalue weighted by Crippen LogP contribution is 2.45. The summed E-state index contributed by atoms with van der Waals surface area (Å²) in [5, 5.41) is 1.07. The molecule has 176 valence electrons. The molecule has 34 heavy (non-hydrogen) atoms. The third-order valence-electron chi connectivity index (χ3n) is 6.58. The number of aromatic nitrogens is 3. The summed E-state index contributed by atoms with van der Waals surface area (Å²) in [4.78, 5) is 26.6. The van der Waals surface area contributed by atoms with Gasteiger partial charge in [0.2, 0.25) is 0 Å². The summed E-state index contributed by atoms with van der Waals surface area (Å²) in [6, 6.07) is 15.1. The zero-order chi connectivity index (χ0) is 24.4. The average molecular weight is 480 g/mol. The number of fused-ring (bicyclic) bond motifs is 3. The number of nitrogens with zero attached hydrogens (tertiary/aromatic N) is 3. The zero-order valence-electron chi connectivity index (χ0n) is 19.8. The summed E-state index contributed by atoms with van der Waals surface area (Å²) in [5.41, 5.74) is 2.58. The van der Waals surface area contributed by atoms with Crippen molar-refractivity contribution in [2.45, 2.75) is 25.5 Å². The number of hydrogen-bond donors (Lipinski definition) is 0. The fraction of sp³-hybridized carbons (Fsp3) is 0.308. The van der Waals surface area contributed by atoms with Crippen molar-refractivity contribution in [2.75, 3.05) is 13.7 Å². The third-order valence-corrected chi connectivity index (χ3v) is 6.82. The van der Waals surface area contributed by atoms with Crippen molar-refractivity contribution in [3.63, 3.8) is 0 Å². The van der Waals surface area contributed by atoms with Crippen LogP contribution in [0.25, 0.3) is 22.2 Å². The van der Waals surface area contributed by atoms with Crippen LogP contribution in [-0.4, -0.2) is 27.4 Å². The van der Waals surface area contributed by atoms with E-state index < -0.39 is 11.6 Å². The minimum atomic E-state index is -0.501. The van der Waals surface area contributed by atoms with Crippen molar-refractivity contribution in [3.8, 4) is 17.0 Å². The van der Waals surface area contributed by atoms with Crippen LogP contribution in [0, 0.1) is 0 Å². The summed E-state index contributed by atoms with van der Waals surface area (Å²) in [6.45, 7) is 4.55. The van der Waals surface area contributed by atoms with Crippen LogP contribution in [-0.2, 0) is 24.4 Å². The van der Waals surface area contributed by atoms with E-state index in [4.69, 9.17) is 21.1 Å². The predicted molar refractivity (Wildman–Crippen MR) is 133 cm³/mol. The minimum Gasteiger partial charge on any atom is -0.497 e. The molecule has 0 amide bonds. The smallest absolute Gasteiger partial charge is 0.331 e. The molecule has 0 aliphatic carbocycles. The van der Waals surface area contributed by atoms with Gasteiger partial charge in [0.05, 0.1) is 41.5 Å². The minimum absolute atomic E-state index is 0.341. The van der Waals surface area contributed by atoms with E-state index >= 15 is 0 Å². The van der Waals surface area contributed by atoms with Gasteiger partial charge in [-0.05, 0) is 61.4 Å². The van der Waals surface area contributed by atoms with E-state index in [9.17, 15) is 9.59 Å². The van der Waals surface area contributed by atoms with Crippen LogP contribution in [0.15, 0.2) is 58.1 Å². The van der Waals surface area contributed by atoms with Gasteiger partial charge in [-0.2, -0.15) is 0 Å². The van der Waals surface area contributed by atoms with Crippen LogP contribution in [0.2, 0.25) is 5.02 Å². The molecule has 0 saturated heterocycles. The molecule has 8 heteroatoms. The Kier molecular flexibility index (Phi) is 5.22. The van der Waals surface area contributed by atoms with Gasteiger partial charge in [-0.3, -0.25) is 13.9 Å². The second-order valence-electron chi connectivity index (χ2n) is 9.29. The van der Waals surface area contributed by atoms with Gasteiger partial charge in [-0.1, -0.05) is 23.7 Å². The Morgan fingerprint density at radius 1 is 1.06 bits per heavy atom. The van der Waals surface area contributed by atoms with Crippen molar-refractivity contribution in [3.05, 3.63) is 85.6 Å². The Morgan fingerprint density at radius 3 is 2.41 bits per heavy atom. The first kappa shape index (κ1) is 22.5. The Bertz CT molecular complexity index is 1540. The van der Waals surface area contributed by atoms with Gasteiger partial charge in [-0.25, -0.2) is 4.79 Å². The summed E-state index contributed by atoms with van der Waals surface area (Å²) in [6.07, 6.45) is -0.501. The van der Waals surface area contributed by atoms with Crippen molar-refractivity contribution < 1.29 is 9.47 Å². The number of aryl methyl sites for hydroxylation is 1. The van der Waals surface area contributed by atoms with Crippen LogP contribution in [0.3, 0.4) is 0 Å². The highest BCUT2D eigenvalue weighted by Gasteiger charge is 2.40. The van der Waals surface area contributed by atoms with E-state index in [1.54, 1.807) is 14.2 Å². The number of halogens is 1. The molecular weight excluding hydrogens is 454 g/mol. The second-order valence-corrected chi connectivity index (χ2v) is 9.72. The number of ether oxygens (including phenoxy) is 2. The monoisotopic (exact) mass is 479 g/mol. The second kappa shape index (κ2) is 7.89. The van der Waals surface area contributed by atoms with Crippen molar-refractivity contribution in [1.82, 2.24) is 13.7 Å². The summed E-state index contributed by atoms with van der Waals surface area (Å²) in [5.74, 6) is 0.721. The molecule has 2 aromatic carbocycles. The fourth-order valence-corrected chi connectivity index (χ4v) is 5.14. The molecule has 4 aromatic rings. The Morgan fingerprint density at radius 2 is 1.76 bits per heavy atom. The van der Waals surface area contributed by atoms with Gasteiger partial charge in [0.15, 0.2) is 0 Å². The SMILES string of the molecule is COc1ccc(-c2c3c(=O)n(C)c(=O)n(C)c3c3n2C(C)(C)COC3c2cccc(Cl)c2)cc1.